The van der Waals surface area contributed by atoms with E-state index in [1.54, 1.807) is 6.20 Å². The Hall–Kier alpha value is -3.68. The second-order valence-corrected chi connectivity index (χ2v) is 9.89. The minimum Gasteiger partial charge on any atom is -0.459 e. The van der Waals surface area contributed by atoms with Crippen LogP contribution in [0.15, 0.2) is 83.4 Å². The van der Waals surface area contributed by atoms with Gasteiger partial charge in [0.05, 0.1) is 11.7 Å². The lowest BCUT2D eigenvalue weighted by atomic mass is 10.0. The second-order valence-electron chi connectivity index (χ2n) is 9.10. The van der Waals surface area contributed by atoms with E-state index in [9.17, 15) is 4.79 Å². The van der Waals surface area contributed by atoms with Crippen LogP contribution in [0.2, 0.25) is 5.02 Å². The maximum Gasteiger partial charge on any atom is 0.226 e. The molecule has 37 heavy (non-hydrogen) atoms. The van der Waals surface area contributed by atoms with Gasteiger partial charge >= 0.3 is 0 Å². The van der Waals surface area contributed by atoms with E-state index in [4.69, 9.17) is 28.2 Å². The van der Waals surface area contributed by atoms with Crippen molar-refractivity contribution in [1.29, 1.82) is 0 Å². The molecule has 2 N–H and O–H groups in total. The number of anilines is 1. The first-order valence-electron chi connectivity index (χ1n) is 12.1. The van der Waals surface area contributed by atoms with Gasteiger partial charge in [0.2, 0.25) is 5.91 Å². The number of carbonyl (C=O) groups is 1. The van der Waals surface area contributed by atoms with Gasteiger partial charge in [-0.2, -0.15) is 0 Å². The first kappa shape index (κ1) is 25.0. The lowest BCUT2D eigenvalue weighted by Gasteiger charge is -2.25. The van der Waals surface area contributed by atoms with Crippen molar-refractivity contribution >= 4 is 40.5 Å². The van der Waals surface area contributed by atoms with E-state index in [1.807, 2.05) is 91.5 Å². The van der Waals surface area contributed by atoms with Gasteiger partial charge in [0.15, 0.2) is 5.11 Å². The van der Waals surface area contributed by atoms with Gasteiger partial charge in [0, 0.05) is 35.4 Å². The highest BCUT2D eigenvalue weighted by molar-refractivity contribution is 7.80. The van der Waals surface area contributed by atoms with Gasteiger partial charge in [-0.1, -0.05) is 47.5 Å². The quantitative estimate of drug-likeness (QED) is 0.262. The number of carbonyl (C=O) groups excluding carboxylic acids is 1. The van der Waals surface area contributed by atoms with Crippen LogP contribution in [0.4, 0.5) is 5.69 Å². The molecule has 1 fully saturated rings. The molecule has 0 radical (unpaired) electrons. The van der Waals surface area contributed by atoms with Crippen molar-refractivity contribution in [3.8, 4) is 11.3 Å². The summed E-state index contributed by atoms with van der Waals surface area (Å²) in [5, 5.41) is 7.61. The highest BCUT2D eigenvalue weighted by Crippen LogP contribution is 2.41. The summed E-state index contributed by atoms with van der Waals surface area (Å²) < 4.78 is 6.41. The standard InChI is InChI=1S/C29H27ClN4O2S/c1-18-9-11-20(12-10-18)32-26(35)15-17-34-28(27(33-29(34)37)23-8-3-4-16-31-23)25-14-13-24(36-25)21-6-5-7-22(30)19(21)2/h3-14,16,27-28H,15,17H2,1-2H3,(H,32,35)(H,33,37)/t27-,28+/m1/s1. The van der Waals surface area contributed by atoms with Gasteiger partial charge < -0.3 is 20.0 Å². The summed E-state index contributed by atoms with van der Waals surface area (Å²) in [6.07, 6.45) is 2.03. The van der Waals surface area contributed by atoms with E-state index in [0.29, 0.717) is 16.7 Å². The number of hydrogen-bond acceptors (Lipinski definition) is 4. The topological polar surface area (TPSA) is 70.4 Å². The maximum absolute atomic E-state index is 12.8. The van der Waals surface area contributed by atoms with E-state index >= 15 is 0 Å². The van der Waals surface area contributed by atoms with Crippen LogP contribution in [0.3, 0.4) is 0 Å². The van der Waals surface area contributed by atoms with E-state index in [1.165, 1.54) is 0 Å². The van der Waals surface area contributed by atoms with E-state index in [2.05, 4.69) is 15.6 Å². The Bertz CT molecular complexity index is 1420. The Kier molecular flexibility index (Phi) is 7.26. The SMILES string of the molecule is Cc1ccc(NC(=O)CCN2C(=S)N[C@H](c3ccccn3)[C@@H]2c2ccc(-c3cccc(Cl)c3C)o2)cc1. The predicted molar refractivity (Wildman–Crippen MR) is 150 cm³/mol. The molecule has 0 aliphatic carbocycles. The Morgan fingerprint density at radius 1 is 1.08 bits per heavy atom. The summed E-state index contributed by atoms with van der Waals surface area (Å²) >= 11 is 12.1. The third-order valence-corrected chi connectivity index (χ3v) is 7.33. The second kappa shape index (κ2) is 10.7. The zero-order valence-electron chi connectivity index (χ0n) is 20.6. The number of aromatic nitrogens is 1. The Morgan fingerprint density at radius 2 is 1.89 bits per heavy atom. The van der Waals surface area contributed by atoms with E-state index in [0.717, 1.165) is 39.6 Å². The summed E-state index contributed by atoms with van der Waals surface area (Å²) in [5.74, 6) is 1.38. The zero-order valence-corrected chi connectivity index (χ0v) is 22.1. The molecule has 1 aliphatic rings. The highest BCUT2D eigenvalue weighted by atomic mass is 35.5. The third kappa shape index (κ3) is 5.38. The van der Waals surface area contributed by atoms with Crippen LogP contribution in [0, 0.1) is 13.8 Å². The molecular weight excluding hydrogens is 504 g/mol. The number of nitrogens with zero attached hydrogens (tertiary/aromatic N) is 2. The number of rotatable bonds is 7. The van der Waals surface area contributed by atoms with Crippen LogP contribution in [-0.4, -0.2) is 27.4 Å². The fraction of sp³-hybridized carbons (Fsp3) is 0.207. The van der Waals surface area contributed by atoms with Crippen molar-refractivity contribution < 1.29 is 9.21 Å². The van der Waals surface area contributed by atoms with Crippen molar-refractivity contribution in [3.05, 3.63) is 107 Å². The van der Waals surface area contributed by atoms with Crippen LogP contribution in [0.25, 0.3) is 11.3 Å². The Balaban J connectivity index is 1.41. The molecule has 0 unspecified atom stereocenters. The summed E-state index contributed by atoms with van der Waals surface area (Å²) in [5.41, 5.74) is 4.65. The number of hydrogen-bond donors (Lipinski definition) is 2. The molecule has 5 rings (SSSR count). The molecule has 1 aliphatic heterocycles. The molecule has 0 spiro atoms. The lowest BCUT2D eigenvalue weighted by molar-refractivity contribution is -0.116. The molecule has 3 heterocycles. The molecule has 4 aromatic rings. The molecule has 2 atom stereocenters. The van der Waals surface area contributed by atoms with Crippen molar-refractivity contribution in [3.63, 3.8) is 0 Å². The number of halogens is 1. The van der Waals surface area contributed by atoms with Gasteiger partial charge in [0.1, 0.15) is 17.6 Å². The molecule has 1 saturated heterocycles. The van der Waals surface area contributed by atoms with Crippen LogP contribution >= 0.6 is 23.8 Å². The molecule has 2 aromatic carbocycles. The minimum absolute atomic E-state index is 0.0821. The normalized spacial score (nSPS) is 17.1. The Labute approximate surface area is 226 Å². The maximum atomic E-state index is 12.8. The van der Waals surface area contributed by atoms with Gasteiger partial charge in [-0.05, 0) is 74.1 Å². The summed E-state index contributed by atoms with van der Waals surface area (Å²) in [7, 11) is 0. The van der Waals surface area contributed by atoms with Gasteiger partial charge in [-0.15, -0.1) is 0 Å². The molecule has 8 heteroatoms. The molecule has 0 bridgehead atoms. The monoisotopic (exact) mass is 530 g/mol. The Morgan fingerprint density at radius 3 is 2.65 bits per heavy atom. The summed E-state index contributed by atoms with van der Waals surface area (Å²) in [4.78, 5) is 19.3. The van der Waals surface area contributed by atoms with Gasteiger partial charge in [-0.25, -0.2) is 0 Å². The molecule has 0 saturated carbocycles. The van der Waals surface area contributed by atoms with E-state index in [-0.39, 0.29) is 24.4 Å². The van der Waals surface area contributed by atoms with Crippen molar-refractivity contribution in [2.45, 2.75) is 32.4 Å². The predicted octanol–water partition coefficient (Wildman–Crippen LogP) is 6.61. The zero-order chi connectivity index (χ0) is 25.9. The van der Waals surface area contributed by atoms with E-state index < -0.39 is 0 Å². The van der Waals surface area contributed by atoms with Crippen LogP contribution in [0.5, 0.6) is 0 Å². The van der Waals surface area contributed by atoms with Crippen molar-refractivity contribution in [1.82, 2.24) is 15.2 Å². The number of amides is 1. The number of pyridine rings is 1. The van der Waals surface area contributed by atoms with Gasteiger partial charge in [0.25, 0.3) is 0 Å². The van der Waals surface area contributed by atoms with Crippen molar-refractivity contribution in [2.75, 3.05) is 11.9 Å². The van der Waals surface area contributed by atoms with Crippen LogP contribution in [0.1, 0.15) is 41.1 Å². The molecular formula is C29H27ClN4O2S. The number of thiocarbonyl (C=S) groups is 1. The smallest absolute Gasteiger partial charge is 0.226 e. The fourth-order valence-corrected chi connectivity index (χ4v) is 5.07. The third-order valence-electron chi connectivity index (χ3n) is 6.56. The largest absolute Gasteiger partial charge is 0.459 e. The molecule has 188 valence electrons. The number of benzene rings is 2. The molecule has 1 amide bonds. The van der Waals surface area contributed by atoms with Crippen LogP contribution < -0.4 is 10.6 Å². The minimum atomic E-state index is -0.275. The first-order valence-corrected chi connectivity index (χ1v) is 12.9. The lowest BCUT2D eigenvalue weighted by Crippen LogP contribution is -2.32. The van der Waals surface area contributed by atoms with Crippen molar-refractivity contribution in [2.24, 2.45) is 0 Å². The highest BCUT2D eigenvalue weighted by Gasteiger charge is 2.41. The van der Waals surface area contributed by atoms with Crippen LogP contribution in [-0.2, 0) is 4.79 Å². The number of aryl methyl sites for hydroxylation is 1. The molecule has 6 nitrogen and oxygen atoms in total. The first-order chi connectivity index (χ1) is 17.9. The average molecular weight is 531 g/mol. The summed E-state index contributed by atoms with van der Waals surface area (Å²) in [6, 6.07) is 22.7. The summed E-state index contributed by atoms with van der Waals surface area (Å²) in [6.45, 7) is 4.41. The number of nitrogens with one attached hydrogen (secondary N) is 2. The molecule has 2 aromatic heterocycles. The number of furan rings is 1. The van der Waals surface area contributed by atoms with Gasteiger partial charge in [-0.3, -0.25) is 9.78 Å². The average Bonchev–Trinajstić information content (AvgIpc) is 3.51. The fourth-order valence-electron chi connectivity index (χ4n) is 4.57.